The Kier molecular flexibility index (Phi) is 2.77. The van der Waals surface area contributed by atoms with Gasteiger partial charge in [-0.15, -0.1) is 12.6 Å². The van der Waals surface area contributed by atoms with Crippen LogP contribution in [0.4, 0.5) is 0 Å². The highest BCUT2D eigenvalue weighted by atomic mass is 35.5. The second kappa shape index (κ2) is 4.28. The predicted molar refractivity (Wildman–Crippen MR) is 76.1 cm³/mol. The number of allylic oxidation sites excluding steroid dienone is 3. The monoisotopic (exact) mass is 261 g/mol. The van der Waals surface area contributed by atoms with Crippen molar-refractivity contribution in [3.05, 3.63) is 64.2 Å². The molecule has 1 atom stereocenters. The van der Waals surface area contributed by atoms with Crippen molar-refractivity contribution in [2.75, 3.05) is 0 Å². The van der Waals surface area contributed by atoms with E-state index in [-0.39, 0.29) is 5.37 Å². The Morgan fingerprint density at radius 2 is 2.24 bits per heavy atom. The molecule has 3 heteroatoms. The van der Waals surface area contributed by atoms with E-state index in [1.807, 2.05) is 18.2 Å². The van der Waals surface area contributed by atoms with E-state index in [0.717, 1.165) is 22.7 Å². The molecule has 1 aromatic carbocycles. The summed E-state index contributed by atoms with van der Waals surface area (Å²) in [5.74, 6) is 0. The van der Waals surface area contributed by atoms with Crippen molar-refractivity contribution in [1.82, 2.24) is 5.32 Å². The Morgan fingerprint density at radius 3 is 3.06 bits per heavy atom. The van der Waals surface area contributed by atoms with Crippen LogP contribution in [-0.4, -0.2) is 5.37 Å². The maximum absolute atomic E-state index is 6.04. The zero-order valence-electron chi connectivity index (χ0n) is 9.15. The zero-order chi connectivity index (χ0) is 11.8. The van der Waals surface area contributed by atoms with Crippen LogP contribution in [0.3, 0.4) is 0 Å². The number of fused-ring (bicyclic) bond motifs is 1. The molecule has 0 saturated heterocycles. The molecule has 17 heavy (non-hydrogen) atoms. The van der Waals surface area contributed by atoms with E-state index in [1.165, 1.54) is 11.1 Å². The molecule has 1 aliphatic heterocycles. The molecule has 1 aromatic rings. The van der Waals surface area contributed by atoms with Gasteiger partial charge in [0.25, 0.3) is 0 Å². The summed E-state index contributed by atoms with van der Waals surface area (Å²) in [6.45, 7) is 0. The number of hydrogen-bond donors (Lipinski definition) is 2. The van der Waals surface area contributed by atoms with Crippen LogP contribution in [0.15, 0.2) is 53.6 Å². The number of benzene rings is 1. The van der Waals surface area contributed by atoms with Gasteiger partial charge < -0.3 is 5.32 Å². The van der Waals surface area contributed by atoms with Gasteiger partial charge in [0.2, 0.25) is 0 Å². The van der Waals surface area contributed by atoms with Crippen LogP contribution in [0.5, 0.6) is 0 Å². The molecule has 3 rings (SSSR count). The minimum absolute atomic E-state index is 0.0870. The summed E-state index contributed by atoms with van der Waals surface area (Å²) >= 11 is 10.6. The Morgan fingerprint density at radius 1 is 1.35 bits per heavy atom. The highest BCUT2D eigenvalue weighted by Gasteiger charge is 2.27. The maximum atomic E-state index is 6.04. The van der Waals surface area contributed by atoms with Gasteiger partial charge in [-0.25, -0.2) is 0 Å². The minimum Gasteiger partial charge on any atom is -0.369 e. The average Bonchev–Trinajstić information content (AvgIpc) is 2.68. The second-order valence-corrected chi connectivity index (χ2v) is 5.12. The normalized spacial score (nSPS) is 22.2. The first-order valence-corrected chi connectivity index (χ1v) is 6.46. The molecule has 0 amide bonds. The molecule has 1 heterocycles. The molecule has 2 aliphatic rings. The van der Waals surface area contributed by atoms with Crippen LogP contribution in [0.1, 0.15) is 12.0 Å². The van der Waals surface area contributed by atoms with E-state index < -0.39 is 0 Å². The van der Waals surface area contributed by atoms with Crippen LogP contribution in [-0.2, 0) is 0 Å². The van der Waals surface area contributed by atoms with Crippen LogP contribution in [0.2, 0.25) is 5.02 Å². The van der Waals surface area contributed by atoms with Gasteiger partial charge in [-0.1, -0.05) is 42.0 Å². The van der Waals surface area contributed by atoms with E-state index in [0.29, 0.717) is 0 Å². The van der Waals surface area contributed by atoms with Crippen molar-refractivity contribution in [2.24, 2.45) is 0 Å². The summed E-state index contributed by atoms with van der Waals surface area (Å²) in [4.78, 5) is 0. The lowest BCUT2D eigenvalue weighted by Crippen LogP contribution is -2.16. The van der Waals surface area contributed by atoms with Crippen LogP contribution >= 0.6 is 24.2 Å². The summed E-state index contributed by atoms with van der Waals surface area (Å²) in [5, 5.41) is 4.26. The Bertz CT molecular complexity index is 557. The molecule has 86 valence electrons. The molecule has 1 aliphatic carbocycles. The molecule has 0 spiro atoms. The molecular formula is C14H12ClNS. The van der Waals surface area contributed by atoms with Crippen molar-refractivity contribution in [3.8, 4) is 0 Å². The molecule has 0 fully saturated rings. The maximum Gasteiger partial charge on any atom is 0.0954 e. The van der Waals surface area contributed by atoms with Gasteiger partial charge in [-0.2, -0.15) is 0 Å². The van der Waals surface area contributed by atoms with Crippen LogP contribution < -0.4 is 5.32 Å². The van der Waals surface area contributed by atoms with Gasteiger partial charge in [-0.3, -0.25) is 0 Å². The predicted octanol–water partition coefficient (Wildman–Crippen LogP) is 3.80. The van der Waals surface area contributed by atoms with Crippen LogP contribution in [0, 0.1) is 0 Å². The summed E-state index contributed by atoms with van der Waals surface area (Å²) in [5.41, 5.74) is 4.88. The fourth-order valence-corrected chi connectivity index (χ4v) is 2.84. The standard InChI is InChI=1S/C14H12ClNS/c15-10-5-3-4-9(8-10)13-11-6-1-2-7-12(11)14(17)16-13/h1-5,7-8,14,16-17H,6H2/t14-/m0/s1. The summed E-state index contributed by atoms with van der Waals surface area (Å²) in [7, 11) is 0. The summed E-state index contributed by atoms with van der Waals surface area (Å²) < 4.78 is 0. The topological polar surface area (TPSA) is 12.0 Å². The van der Waals surface area contributed by atoms with E-state index in [1.54, 1.807) is 0 Å². The third-order valence-electron chi connectivity index (χ3n) is 3.07. The Balaban J connectivity index is 2.10. The molecular weight excluding hydrogens is 250 g/mol. The summed E-state index contributed by atoms with van der Waals surface area (Å²) in [6.07, 6.45) is 7.33. The Labute approximate surface area is 111 Å². The van der Waals surface area contributed by atoms with E-state index >= 15 is 0 Å². The molecule has 0 bridgehead atoms. The van der Waals surface area contributed by atoms with Crippen molar-refractivity contribution < 1.29 is 0 Å². The minimum atomic E-state index is 0.0870. The highest BCUT2D eigenvalue weighted by Crippen LogP contribution is 2.37. The number of hydrogen-bond acceptors (Lipinski definition) is 2. The van der Waals surface area contributed by atoms with Crippen molar-refractivity contribution in [1.29, 1.82) is 0 Å². The molecule has 1 N–H and O–H groups in total. The zero-order valence-corrected chi connectivity index (χ0v) is 10.8. The van der Waals surface area contributed by atoms with Gasteiger partial charge in [0.1, 0.15) is 0 Å². The molecule has 0 aromatic heterocycles. The fraction of sp³-hybridized carbons (Fsp3) is 0.143. The first-order chi connectivity index (χ1) is 8.25. The van der Waals surface area contributed by atoms with E-state index in [2.05, 4.69) is 42.2 Å². The molecule has 0 saturated carbocycles. The van der Waals surface area contributed by atoms with Crippen molar-refractivity contribution in [2.45, 2.75) is 11.8 Å². The van der Waals surface area contributed by atoms with E-state index in [4.69, 9.17) is 11.6 Å². The quantitative estimate of drug-likeness (QED) is 0.733. The largest absolute Gasteiger partial charge is 0.369 e. The number of rotatable bonds is 1. The fourth-order valence-electron chi connectivity index (χ4n) is 2.28. The SMILES string of the molecule is S[C@@H]1NC(c2cccc(Cl)c2)=C2CC=CC=C21. The first kappa shape index (κ1) is 11.0. The average molecular weight is 262 g/mol. The second-order valence-electron chi connectivity index (χ2n) is 4.17. The number of thiol groups is 1. The third-order valence-corrected chi connectivity index (χ3v) is 3.72. The van der Waals surface area contributed by atoms with Crippen molar-refractivity contribution in [3.63, 3.8) is 0 Å². The van der Waals surface area contributed by atoms with Gasteiger partial charge in [0.15, 0.2) is 0 Å². The van der Waals surface area contributed by atoms with Gasteiger partial charge in [-0.05, 0) is 35.3 Å². The smallest absolute Gasteiger partial charge is 0.0954 e. The van der Waals surface area contributed by atoms with Gasteiger partial charge in [0, 0.05) is 10.7 Å². The lowest BCUT2D eigenvalue weighted by Gasteiger charge is -2.09. The molecule has 0 radical (unpaired) electrons. The lowest BCUT2D eigenvalue weighted by molar-refractivity contribution is 0.960. The first-order valence-electron chi connectivity index (χ1n) is 5.56. The molecule has 0 unspecified atom stereocenters. The van der Waals surface area contributed by atoms with Crippen LogP contribution in [0.25, 0.3) is 5.70 Å². The summed E-state index contributed by atoms with van der Waals surface area (Å²) in [6, 6.07) is 7.92. The van der Waals surface area contributed by atoms with Crippen molar-refractivity contribution >= 4 is 29.9 Å². The molecule has 1 nitrogen and oxygen atoms in total. The number of nitrogens with one attached hydrogen (secondary N) is 1. The lowest BCUT2D eigenvalue weighted by atomic mass is 9.97. The van der Waals surface area contributed by atoms with E-state index in [9.17, 15) is 0 Å². The van der Waals surface area contributed by atoms with Gasteiger partial charge in [0.05, 0.1) is 5.37 Å². The number of halogens is 1. The Hall–Kier alpha value is -1.12. The highest BCUT2D eigenvalue weighted by molar-refractivity contribution is 7.81. The van der Waals surface area contributed by atoms with Gasteiger partial charge >= 0.3 is 0 Å². The third kappa shape index (κ3) is 1.92.